The van der Waals surface area contributed by atoms with E-state index < -0.39 is 18.5 Å². The molecular weight excluding hydrogens is 328 g/mol. The number of amides is 1. The number of benzene rings is 1. The Morgan fingerprint density at radius 1 is 1.25 bits per heavy atom. The second-order valence-corrected chi connectivity index (χ2v) is 5.86. The third kappa shape index (κ3) is 3.88. The molecule has 6 nitrogen and oxygen atoms in total. The Balaban J connectivity index is 1.55. The third-order valence-corrected chi connectivity index (χ3v) is 3.91. The molecule has 0 saturated carbocycles. The van der Waals surface area contributed by atoms with Gasteiger partial charge in [0.2, 0.25) is 5.76 Å². The molecule has 2 heterocycles. The first-order valence-electron chi connectivity index (χ1n) is 7.15. The van der Waals surface area contributed by atoms with Crippen molar-refractivity contribution < 1.29 is 18.7 Å². The van der Waals surface area contributed by atoms with Gasteiger partial charge in [-0.1, -0.05) is 29.8 Å². The first kappa shape index (κ1) is 15.9. The van der Waals surface area contributed by atoms with Crippen LogP contribution in [0.15, 0.2) is 52.5 Å². The maximum Gasteiger partial charge on any atom is 0.374 e. The van der Waals surface area contributed by atoms with Crippen molar-refractivity contribution in [3.05, 3.63) is 59.4 Å². The van der Waals surface area contributed by atoms with Crippen LogP contribution < -0.4 is 5.32 Å². The lowest BCUT2D eigenvalue weighted by Gasteiger charge is -2.02. The fraction of sp³-hybridized carbons (Fsp3) is 0.118. The molecule has 0 aliphatic carbocycles. The number of aryl methyl sites for hydroxylation is 1. The summed E-state index contributed by atoms with van der Waals surface area (Å²) in [6.45, 7) is 1.61. The molecule has 0 spiro atoms. The largest absolute Gasteiger partial charge is 0.457 e. The number of carbonyl (C=O) groups is 2. The zero-order valence-electron chi connectivity index (χ0n) is 12.8. The van der Waals surface area contributed by atoms with Crippen molar-refractivity contribution in [3.63, 3.8) is 0 Å². The highest BCUT2D eigenvalue weighted by molar-refractivity contribution is 7.14. The number of rotatable bonds is 5. The molecule has 0 aliphatic rings. The molecule has 0 fully saturated rings. The standard InChI is InChI=1S/C17H14N2O4S/c1-11-4-6-12(7-5-11)13-10-24-17(18-13)19-15(20)9-23-16(21)14-3-2-8-22-14/h2-8,10H,9H2,1H3,(H,18,19,20). The summed E-state index contributed by atoms with van der Waals surface area (Å²) in [6, 6.07) is 11.0. The van der Waals surface area contributed by atoms with Gasteiger partial charge in [-0.15, -0.1) is 11.3 Å². The van der Waals surface area contributed by atoms with Gasteiger partial charge in [-0.2, -0.15) is 0 Å². The average Bonchev–Trinajstić information content (AvgIpc) is 3.25. The maximum atomic E-state index is 11.8. The van der Waals surface area contributed by atoms with E-state index in [1.165, 1.54) is 29.2 Å². The van der Waals surface area contributed by atoms with Crippen molar-refractivity contribution in [1.29, 1.82) is 0 Å². The quantitative estimate of drug-likeness (QED) is 0.718. The number of ether oxygens (including phenoxy) is 1. The van der Waals surface area contributed by atoms with Crippen LogP contribution in [0.4, 0.5) is 5.13 Å². The van der Waals surface area contributed by atoms with Gasteiger partial charge >= 0.3 is 5.97 Å². The lowest BCUT2D eigenvalue weighted by atomic mass is 10.1. The first-order valence-corrected chi connectivity index (χ1v) is 8.03. The second-order valence-electron chi connectivity index (χ2n) is 5.01. The Labute approximate surface area is 142 Å². The SMILES string of the molecule is Cc1ccc(-c2csc(NC(=O)COC(=O)c3ccco3)n2)cc1. The summed E-state index contributed by atoms with van der Waals surface area (Å²) in [7, 11) is 0. The molecule has 3 rings (SSSR count). The number of hydrogen-bond donors (Lipinski definition) is 1. The van der Waals surface area contributed by atoms with Crippen molar-refractivity contribution in [3.8, 4) is 11.3 Å². The summed E-state index contributed by atoms with van der Waals surface area (Å²) >= 11 is 1.31. The number of thiazole rings is 1. The zero-order valence-corrected chi connectivity index (χ0v) is 13.6. The van der Waals surface area contributed by atoms with E-state index in [1.807, 2.05) is 36.6 Å². The van der Waals surface area contributed by atoms with Crippen molar-refractivity contribution in [1.82, 2.24) is 4.98 Å². The van der Waals surface area contributed by atoms with Gasteiger partial charge in [0.1, 0.15) is 0 Å². The van der Waals surface area contributed by atoms with Crippen LogP contribution in [0, 0.1) is 6.92 Å². The molecule has 0 bridgehead atoms. The number of furan rings is 1. The third-order valence-electron chi connectivity index (χ3n) is 3.15. The van der Waals surface area contributed by atoms with Crippen LogP contribution in [0.2, 0.25) is 0 Å². The van der Waals surface area contributed by atoms with Gasteiger partial charge < -0.3 is 9.15 Å². The Morgan fingerprint density at radius 2 is 2.04 bits per heavy atom. The van der Waals surface area contributed by atoms with Crippen LogP contribution >= 0.6 is 11.3 Å². The normalized spacial score (nSPS) is 10.4. The molecule has 1 N–H and O–H groups in total. The van der Waals surface area contributed by atoms with E-state index in [0.29, 0.717) is 5.13 Å². The molecule has 24 heavy (non-hydrogen) atoms. The first-order chi connectivity index (χ1) is 11.6. The molecule has 3 aromatic rings. The van der Waals surface area contributed by atoms with Crippen molar-refractivity contribution in [2.75, 3.05) is 11.9 Å². The van der Waals surface area contributed by atoms with Crippen LogP contribution in [-0.4, -0.2) is 23.5 Å². The van der Waals surface area contributed by atoms with Gasteiger partial charge in [0.05, 0.1) is 12.0 Å². The molecule has 1 amide bonds. The zero-order chi connectivity index (χ0) is 16.9. The topological polar surface area (TPSA) is 81.4 Å². The fourth-order valence-corrected chi connectivity index (χ4v) is 2.68. The van der Waals surface area contributed by atoms with Gasteiger partial charge in [0.15, 0.2) is 11.7 Å². The summed E-state index contributed by atoms with van der Waals surface area (Å²) in [5.41, 5.74) is 2.92. The van der Waals surface area contributed by atoms with Gasteiger partial charge in [-0.05, 0) is 19.1 Å². The molecule has 0 aliphatic heterocycles. The average molecular weight is 342 g/mol. The summed E-state index contributed by atoms with van der Waals surface area (Å²) < 4.78 is 9.75. The highest BCUT2D eigenvalue weighted by Gasteiger charge is 2.13. The van der Waals surface area contributed by atoms with Crippen LogP contribution in [-0.2, 0) is 9.53 Å². The fourth-order valence-electron chi connectivity index (χ4n) is 1.94. The number of nitrogens with one attached hydrogen (secondary N) is 1. The Hall–Kier alpha value is -2.93. The van der Waals surface area contributed by atoms with E-state index >= 15 is 0 Å². The van der Waals surface area contributed by atoms with Crippen molar-refractivity contribution in [2.24, 2.45) is 0 Å². The van der Waals surface area contributed by atoms with Gasteiger partial charge in [-0.3, -0.25) is 10.1 Å². The summed E-state index contributed by atoms with van der Waals surface area (Å²) in [5, 5.41) is 4.91. The molecule has 0 atom stereocenters. The Bertz CT molecular complexity index is 838. The minimum atomic E-state index is -0.686. The number of hydrogen-bond acceptors (Lipinski definition) is 6. The van der Waals surface area contributed by atoms with E-state index in [1.54, 1.807) is 6.07 Å². The minimum Gasteiger partial charge on any atom is -0.457 e. The predicted octanol–water partition coefficient (Wildman–Crippen LogP) is 3.51. The van der Waals surface area contributed by atoms with Gasteiger partial charge in [0.25, 0.3) is 5.91 Å². The number of aromatic nitrogens is 1. The summed E-state index contributed by atoms with van der Waals surface area (Å²) in [4.78, 5) is 27.7. The highest BCUT2D eigenvalue weighted by Crippen LogP contribution is 2.25. The molecule has 0 radical (unpaired) electrons. The summed E-state index contributed by atoms with van der Waals surface area (Å²) in [6.07, 6.45) is 1.36. The van der Waals surface area contributed by atoms with Crippen LogP contribution in [0.25, 0.3) is 11.3 Å². The maximum absolute atomic E-state index is 11.8. The van der Waals surface area contributed by atoms with E-state index in [2.05, 4.69) is 10.3 Å². The molecular formula is C17H14N2O4S. The molecule has 0 saturated heterocycles. The monoisotopic (exact) mass is 342 g/mol. The summed E-state index contributed by atoms with van der Waals surface area (Å²) in [5.74, 6) is -1.09. The van der Waals surface area contributed by atoms with Crippen LogP contribution in [0.1, 0.15) is 16.1 Å². The van der Waals surface area contributed by atoms with Gasteiger partial charge in [-0.25, -0.2) is 9.78 Å². The van der Waals surface area contributed by atoms with E-state index in [4.69, 9.17) is 9.15 Å². The van der Waals surface area contributed by atoms with Crippen molar-refractivity contribution in [2.45, 2.75) is 6.92 Å². The van der Waals surface area contributed by atoms with Crippen LogP contribution in [0.5, 0.6) is 0 Å². The lowest BCUT2D eigenvalue weighted by Crippen LogP contribution is -2.20. The molecule has 122 valence electrons. The predicted molar refractivity (Wildman–Crippen MR) is 89.9 cm³/mol. The van der Waals surface area contributed by atoms with E-state index in [9.17, 15) is 9.59 Å². The van der Waals surface area contributed by atoms with E-state index in [-0.39, 0.29) is 5.76 Å². The Kier molecular flexibility index (Phi) is 4.72. The Morgan fingerprint density at radius 3 is 2.75 bits per heavy atom. The van der Waals surface area contributed by atoms with E-state index in [0.717, 1.165) is 11.3 Å². The van der Waals surface area contributed by atoms with Crippen molar-refractivity contribution >= 4 is 28.3 Å². The van der Waals surface area contributed by atoms with Gasteiger partial charge in [0, 0.05) is 10.9 Å². The smallest absolute Gasteiger partial charge is 0.374 e. The lowest BCUT2D eigenvalue weighted by molar-refractivity contribution is -0.119. The second kappa shape index (κ2) is 7.10. The molecule has 0 unspecified atom stereocenters. The molecule has 1 aromatic carbocycles. The van der Waals surface area contributed by atoms with Crippen LogP contribution in [0.3, 0.4) is 0 Å². The minimum absolute atomic E-state index is 0.0544. The number of carbonyl (C=O) groups excluding carboxylic acids is 2. The molecule has 2 aromatic heterocycles. The highest BCUT2D eigenvalue weighted by atomic mass is 32.1. The number of esters is 1. The molecule has 7 heteroatoms. The number of nitrogens with zero attached hydrogens (tertiary/aromatic N) is 1. The number of anilines is 1.